The van der Waals surface area contributed by atoms with Gasteiger partial charge >= 0.3 is 173 Å². The standard InChI is InChI=1S/C12H11FN3O.C8H14N.Hg/c1-14-10(17)6-4-8-3-5-9-12(11(8)13)15-7-16(9)2;1-3-5-7-8(9)6-4-2;/h4-7H,1-2H3,(H,14,17);3,5,7,9H,4,6H2,1-2H3;/q;-1;+1/b6-4+;5-3-,8-7+;. The molecule has 0 spiro atoms. The van der Waals surface area contributed by atoms with Crippen LogP contribution in [0.4, 0.5) is 4.39 Å². The molecule has 0 atom stereocenters. The predicted octanol–water partition coefficient (Wildman–Crippen LogP) is 2.94. The van der Waals surface area contributed by atoms with E-state index in [9.17, 15) is 4.79 Å². The Bertz CT molecular complexity index is 899. The maximum atomic E-state index is 15.1. The summed E-state index contributed by atoms with van der Waals surface area (Å²) in [6.07, 6.45) is 12.6. The van der Waals surface area contributed by atoms with E-state index in [1.807, 2.05) is 36.8 Å². The van der Waals surface area contributed by atoms with E-state index in [0.717, 1.165) is 21.4 Å². The van der Waals surface area contributed by atoms with Crippen molar-refractivity contribution in [2.24, 2.45) is 7.05 Å². The molecule has 7 heteroatoms. The molecule has 0 fully saturated rings. The summed E-state index contributed by atoms with van der Waals surface area (Å²) < 4.78 is 21.5. The second-order valence-corrected chi connectivity index (χ2v) is 12.0. The van der Waals surface area contributed by atoms with E-state index in [0.29, 0.717) is 11.1 Å². The summed E-state index contributed by atoms with van der Waals surface area (Å²) in [5.41, 5.74) is 2.77. The van der Waals surface area contributed by atoms with E-state index >= 15 is 4.39 Å². The number of fused-ring (bicyclic) bond motifs is 1. The number of nitrogens with zero attached hydrogens (tertiary/aromatic N) is 2. The SMILES string of the molecule is C/C=C\C=C(/CCC)[NH][Hg][c]1cc2c(ncn2C)c(F)c1/C=C/C(=O)NC. The van der Waals surface area contributed by atoms with Crippen LogP contribution >= 0.6 is 0 Å². The third-order valence-corrected chi connectivity index (χ3v) is 10.5. The number of carbonyl (C=O) groups is 1. The number of rotatable bonds is 8. The zero-order chi connectivity index (χ0) is 19.8. The van der Waals surface area contributed by atoms with Crippen molar-refractivity contribution in [2.45, 2.75) is 26.7 Å². The molecule has 0 unspecified atom stereocenters. The number of hydrogen-bond acceptors (Lipinski definition) is 3. The Balaban J connectivity index is 2.44. The van der Waals surface area contributed by atoms with Crippen LogP contribution in [0.2, 0.25) is 0 Å². The van der Waals surface area contributed by atoms with Crippen LogP contribution in [0, 0.1) is 5.82 Å². The number of amides is 1. The van der Waals surface area contributed by atoms with E-state index < -0.39 is 24.9 Å². The van der Waals surface area contributed by atoms with Crippen LogP contribution in [0.15, 0.2) is 42.4 Å². The Morgan fingerprint density at radius 3 is 2.89 bits per heavy atom. The number of aromatic nitrogens is 2. The molecule has 1 aromatic carbocycles. The fourth-order valence-electron chi connectivity index (χ4n) is 2.78. The molecule has 2 aromatic rings. The summed E-state index contributed by atoms with van der Waals surface area (Å²) in [4.78, 5) is 15.8. The number of imidazole rings is 1. The first-order chi connectivity index (χ1) is 13.0. The van der Waals surface area contributed by atoms with Crippen LogP contribution in [0.25, 0.3) is 17.1 Å². The first-order valence-corrected chi connectivity index (χ1v) is 14.6. The van der Waals surface area contributed by atoms with E-state index in [1.165, 1.54) is 11.8 Å². The van der Waals surface area contributed by atoms with Gasteiger partial charge in [0, 0.05) is 0 Å². The van der Waals surface area contributed by atoms with Gasteiger partial charge in [-0.2, -0.15) is 0 Å². The van der Waals surface area contributed by atoms with Crippen LogP contribution in [0.5, 0.6) is 0 Å². The molecule has 0 aliphatic carbocycles. The van der Waals surface area contributed by atoms with Crippen LogP contribution in [0.1, 0.15) is 32.3 Å². The Kier molecular flexibility index (Phi) is 8.22. The Morgan fingerprint density at radius 1 is 1.44 bits per heavy atom. The molecule has 0 bridgehead atoms. The summed E-state index contributed by atoms with van der Waals surface area (Å²) >= 11 is -1.88. The Hall–Kier alpha value is -1.95. The normalized spacial score (nSPS) is 12.1. The Labute approximate surface area is 172 Å². The van der Waals surface area contributed by atoms with Gasteiger partial charge in [0.25, 0.3) is 0 Å². The van der Waals surface area contributed by atoms with Crippen molar-refractivity contribution in [1.82, 2.24) is 17.9 Å². The number of likely N-dealkylation sites (N-methyl/N-ethyl adjacent to an activating group) is 1. The van der Waals surface area contributed by atoms with Gasteiger partial charge in [0.05, 0.1) is 0 Å². The van der Waals surface area contributed by atoms with Gasteiger partial charge in [0.1, 0.15) is 0 Å². The molecule has 27 heavy (non-hydrogen) atoms. The number of carbonyl (C=O) groups excluding carboxylic acids is 1. The van der Waals surface area contributed by atoms with Crippen LogP contribution in [-0.2, 0) is 36.7 Å². The number of benzene rings is 1. The van der Waals surface area contributed by atoms with Gasteiger partial charge in [-0.15, -0.1) is 0 Å². The number of hydrogen-bond donors (Lipinski definition) is 2. The van der Waals surface area contributed by atoms with Gasteiger partial charge in [0.15, 0.2) is 0 Å². The fourth-order valence-corrected chi connectivity index (χ4v) is 8.50. The van der Waals surface area contributed by atoms with Crippen molar-refractivity contribution in [3.63, 3.8) is 0 Å². The average molecular weight is 557 g/mol. The molecule has 0 radical (unpaired) electrons. The molecule has 0 saturated carbocycles. The molecule has 140 valence electrons. The first kappa shape index (κ1) is 21.3. The van der Waals surface area contributed by atoms with Gasteiger partial charge in [-0.3, -0.25) is 0 Å². The summed E-state index contributed by atoms with van der Waals surface area (Å²) in [7, 11) is 3.41. The van der Waals surface area contributed by atoms with E-state index in [1.54, 1.807) is 19.5 Å². The molecule has 2 N–H and O–H groups in total. The zero-order valence-electron chi connectivity index (χ0n) is 16.3. The molecule has 1 amide bonds. The van der Waals surface area contributed by atoms with Crippen LogP contribution < -0.4 is 11.5 Å². The van der Waals surface area contributed by atoms with Crippen molar-refractivity contribution >= 4 is 26.1 Å². The molecule has 2 rings (SSSR count). The van der Waals surface area contributed by atoms with Crippen molar-refractivity contribution in [2.75, 3.05) is 7.05 Å². The predicted molar refractivity (Wildman–Crippen MR) is 104 cm³/mol. The number of nitrogens with one attached hydrogen (secondary N) is 2. The minimum atomic E-state index is -1.88. The minimum absolute atomic E-state index is 0.259. The topological polar surface area (TPSA) is 59.0 Å². The van der Waals surface area contributed by atoms with E-state index in [-0.39, 0.29) is 11.7 Å². The number of allylic oxidation sites excluding steroid dienone is 4. The molecular weight excluding hydrogens is 532 g/mol. The molecule has 0 aliphatic rings. The first-order valence-electron chi connectivity index (χ1n) is 9.09. The van der Waals surface area contributed by atoms with Crippen molar-refractivity contribution in [1.29, 1.82) is 0 Å². The molecule has 0 aliphatic heterocycles. The van der Waals surface area contributed by atoms with Gasteiger partial charge in [-0.25, -0.2) is 0 Å². The van der Waals surface area contributed by atoms with Gasteiger partial charge < -0.3 is 0 Å². The number of halogens is 1. The third-order valence-electron chi connectivity index (χ3n) is 4.25. The molecule has 1 aromatic heterocycles. The molecule has 5 nitrogen and oxygen atoms in total. The summed E-state index contributed by atoms with van der Waals surface area (Å²) in [6.45, 7) is 4.12. The second-order valence-electron chi connectivity index (χ2n) is 6.26. The summed E-state index contributed by atoms with van der Waals surface area (Å²) in [5, 5.41) is 2.52. The Morgan fingerprint density at radius 2 is 2.22 bits per heavy atom. The van der Waals surface area contributed by atoms with Gasteiger partial charge in [-0.05, 0) is 0 Å². The zero-order valence-corrected chi connectivity index (χ0v) is 21.8. The maximum absolute atomic E-state index is 15.1. The summed E-state index contributed by atoms with van der Waals surface area (Å²) in [6, 6.07) is 2.02. The quantitative estimate of drug-likeness (QED) is 0.299. The van der Waals surface area contributed by atoms with Crippen molar-refractivity contribution < 1.29 is 34.1 Å². The van der Waals surface area contributed by atoms with Crippen molar-refractivity contribution in [3.05, 3.63) is 53.8 Å². The second kappa shape index (κ2) is 10.4. The fraction of sp³-hybridized carbons (Fsp3) is 0.300. The van der Waals surface area contributed by atoms with E-state index in [4.69, 9.17) is 0 Å². The number of aryl methyl sites for hydroxylation is 1. The monoisotopic (exact) mass is 558 g/mol. The molecule has 0 saturated heterocycles. The third kappa shape index (κ3) is 5.51. The van der Waals surface area contributed by atoms with Gasteiger partial charge in [-0.1, -0.05) is 0 Å². The van der Waals surface area contributed by atoms with Crippen molar-refractivity contribution in [3.8, 4) is 0 Å². The molecular formula is C20H25FHgN4O. The van der Waals surface area contributed by atoms with Crippen LogP contribution in [-0.4, -0.2) is 22.5 Å². The summed E-state index contributed by atoms with van der Waals surface area (Å²) in [5.74, 6) is -0.620. The molecule has 1 heterocycles. The average Bonchev–Trinajstić information content (AvgIpc) is 3.04. The van der Waals surface area contributed by atoms with Crippen LogP contribution in [0.3, 0.4) is 0 Å². The van der Waals surface area contributed by atoms with Gasteiger partial charge in [0.2, 0.25) is 0 Å². The van der Waals surface area contributed by atoms with E-state index in [2.05, 4.69) is 26.4 Å².